The van der Waals surface area contributed by atoms with Crippen LogP contribution >= 0.6 is 15.9 Å². The van der Waals surface area contributed by atoms with Crippen LogP contribution in [0.3, 0.4) is 0 Å². The maximum atomic E-state index is 13.7. The van der Waals surface area contributed by atoms with E-state index in [1.165, 1.54) is 12.1 Å². The van der Waals surface area contributed by atoms with Gasteiger partial charge in [-0.25, -0.2) is 8.78 Å². The van der Waals surface area contributed by atoms with Crippen molar-refractivity contribution in [2.24, 2.45) is 0 Å². The van der Waals surface area contributed by atoms with Crippen molar-refractivity contribution in [1.82, 2.24) is 5.32 Å². The molecule has 4 heteroatoms. The van der Waals surface area contributed by atoms with E-state index in [2.05, 4.69) is 21.2 Å². The number of aryl methyl sites for hydroxylation is 1. The molecule has 106 valence electrons. The van der Waals surface area contributed by atoms with Crippen LogP contribution in [0.4, 0.5) is 8.78 Å². The molecular weight excluding hydrogens is 324 g/mol. The van der Waals surface area contributed by atoms with Crippen molar-refractivity contribution in [2.75, 3.05) is 6.54 Å². The third kappa shape index (κ3) is 3.25. The number of hydrogen-bond acceptors (Lipinski definition) is 1. The molecule has 0 amide bonds. The van der Waals surface area contributed by atoms with Gasteiger partial charge in [-0.3, -0.25) is 0 Å². The molecule has 0 heterocycles. The molecule has 1 unspecified atom stereocenters. The van der Waals surface area contributed by atoms with Gasteiger partial charge in [0.25, 0.3) is 0 Å². The summed E-state index contributed by atoms with van der Waals surface area (Å²) in [7, 11) is 0. The first-order chi connectivity index (χ1) is 9.52. The molecule has 1 atom stereocenters. The second-order valence-electron chi connectivity index (χ2n) is 4.67. The standard InChI is InChI=1S/C16H16BrF2N/c1-3-20-16(11-5-7-14(18)10(2)8-11)12-4-6-13(17)15(19)9-12/h4-9,16,20H,3H2,1-2H3. The van der Waals surface area contributed by atoms with Crippen molar-refractivity contribution in [2.45, 2.75) is 19.9 Å². The SMILES string of the molecule is CCNC(c1ccc(F)c(C)c1)c1ccc(Br)c(F)c1. The summed E-state index contributed by atoms with van der Waals surface area (Å²) in [6, 6.07) is 9.87. The van der Waals surface area contributed by atoms with Crippen LogP contribution in [0.2, 0.25) is 0 Å². The first-order valence-electron chi connectivity index (χ1n) is 6.47. The largest absolute Gasteiger partial charge is 0.307 e. The van der Waals surface area contributed by atoms with Crippen LogP contribution in [0.15, 0.2) is 40.9 Å². The Morgan fingerprint density at radius 2 is 1.70 bits per heavy atom. The molecule has 1 N–H and O–H groups in total. The van der Waals surface area contributed by atoms with Crippen LogP contribution in [-0.4, -0.2) is 6.54 Å². The fourth-order valence-corrected chi connectivity index (χ4v) is 2.42. The van der Waals surface area contributed by atoms with Crippen LogP contribution in [0.5, 0.6) is 0 Å². The van der Waals surface area contributed by atoms with Gasteiger partial charge in [-0.05, 0) is 64.3 Å². The highest BCUT2D eigenvalue weighted by Gasteiger charge is 2.15. The quantitative estimate of drug-likeness (QED) is 0.848. The molecule has 0 aliphatic carbocycles. The van der Waals surface area contributed by atoms with Crippen LogP contribution < -0.4 is 5.32 Å². The number of benzene rings is 2. The fourth-order valence-electron chi connectivity index (χ4n) is 2.17. The summed E-state index contributed by atoms with van der Waals surface area (Å²) in [5, 5.41) is 3.30. The van der Waals surface area contributed by atoms with Crippen LogP contribution in [0, 0.1) is 18.6 Å². The number of nitrogens with one attached hydrogen (secondary N) is 1. The van der Waals surface area contributed by atoms with Crippen molar-refractivity contribution in [1.29, 1.82) is 0 Å². The van der Waals surface area contributed by atoms with Crippen LogP contribution in [0.25, 0.3) is 0 Å². The molecular formula is C16H16BrF2N. The molecule has 0 radical (unpaired) electrons. The monoisotopic (exact) mass is 339 g/mol. The van der Waals surface area contributed by atoms with E-state index in [4.69, 9.17) is 0 Å². The molecule has 0 aliphatic rings. The van der Waals surface area contributed by atoms with Crippen molar-refractivity contribution in [3.05, 3.63) is 69.2 Å². The second kappa shape index (κ2) is 6.46. The fraction of sp³-hybridized carbons (Fsp3) is 0.250. The van der Waals surface area contributed by atoms with Crippen molar-refractivity contribution in [3.8, 4) is 0 Å². The summed E-state index contributed by atoms with van der Waals surface area (Å²) in [5.41, 5.74) is 2.33. The third-order valence-corrected chi connectivity index (χ3v) is 3.84. The molecule has 2 rings (SSSR count). The van der Waals surface area contributed by atoms with Gasteiger partial charge < -0.3 is 5.32 Å². The highest BCUT2D eigenvalue weighted by Crippen LogP contribution is 2.26. The zero-order chi connectivity index (χ0) is 14.7. The molecule has 0 aromatic heterocycles. The van der Waals surface area contributed by atoms with E-state index in [-0.39, 0.29) is 17.7 Å². The minimum atomic E-state index is -0.302. The summed E-state index contributed by atoms with van der Waals surface area (Å²) < 4.78 is 27.5. The van der Waals surface area contributed by atoms with Crippen LogP contribution in [0.1, 0.15) is 29.7 Å². The van der Waals surface area contributed by atoms with Gasteiger partial charge in [0.15, 0.2) is 0 Å². The number of hydrogen-bond donors (Lipinski definition) is 1. The van der Waals surface area contributed by atoms with E-state index in [0.717, 1.165) is 17.7 Å². The molecule has 20 heavy (non-hydrogen) atoms. The van der Waals surface area contributed by atoms with Gasteiger partial charge in [0.05, 0.1) is 10.5 Å². The van der Waals surface area contributed by atoms with E-state index >= 15 is 0 Å². The minimum absolute atomic E-state index is 0.151. The highest BCUT2D eigenvalue weighted by atomic mass is 79.9. The Kier molecular flexibility index (Phi) is 4.89. The van der Waals surface area contributed by atoms with Crippen molar-refractivity contribution < 1.29 is 8.78 Å². The lowest BCUT2D eigenvalue weighted by Crippen LogP contribution is -2.22. The summed E-state index contributed by atoms with van der Waals surface area (Å²) in [6.45, 7) is 4.45. The lowest BCUT2D eigenvalue weighted by molar-refractivity contribution is 0.593. The number of rotatable bonds is 4. The Morgan fingerprint density at radius 1 is 1.05 bits per heavy atom. The third-order valence-electron chi connectivity index (χ3n) is 3.20. The summed E-state index contributed by atoms with van der Waals surface area (Å²) in [4.78, 5) is 0. The first kappa shape index (κ1) is 15.1. The molecule has 0 fully saturated rings. The Morgan fingerprint density at radius 3 is 2.30 bits per heavy atom. The molecule has 0 spiro atoms. The van der Waals surface area contributed by atoms with E-state index < -0.39 is 0 Å². The average molecular weight is 340 g/mol. The number of halogens is 3. The maximum Gasteiger partial charge on any atom is 0.137 e. The predicted octanol–water partition coefficient (Wildman–Crippen LogP) is 4.73. The van der Waals surface area contributed by atoms with Crippen LogP contribution in [-0.2, 0) is 0 Å². The van der Waals surface area contributed by atoms with E-state index in [1.54, 1.807) is 25.1 Å². The first-order valence-corrected chi connectivity index (χ1v) is 7.26. The molecule has 0 saturated carbocycles. The predicted molar refractivity (Wildman–Crippen MR) is 80.8 cm³/mol. The van der Waals surface area contributed by atoms with Gasteiger partial charge in [0, 0.05) is 0 Å². The van der Waals surface area contributed by atoms with E-state index in [1.807, 2.05) is 13.0 Å². The van der Waals surface area contributed by atoms with Gasteiger partial charge in [-0.2, -0.15) is 0 Å². The Balaban J connectivity index is 2.44. The average Bonchev–Trinajstić information content (AvgIpc) is 2.43. The maximum absolute atomic E-state index is 13.7. The van der Waals surface area contributed by atoms with Gasteiger partial charge in [0.2, 0.25) is 0 Å². The van der Waals surface area contributed by atoms with Gasteiger partial charge in [0.1, 0.15) is 11.6 Å². The van der Waals surface area contributed by atoms with E-state index in [0.29, 0.717) is 10.0 Å². The highest BCUT2D eigenvalue weighted by molar-refractivity contribution is 9.10. The van der Waals surface area contributed by atoms with E-state index in [9.17, 15) is 8.78 Å². The van der Waals surface area contributed by atoms with Gasteiger partial charge >= 0.3 is 0 Å². The molecule has 0 saturated heterocycles. The lowest BCUT2D eigenvalue weighted by Gasteiger charge is -2.20. The van der Waals surface area contributed by atoms with Crippen molar-refractivity contribution >= 4 is 15.9 Å². The Labute approximate surface area is 126 Å². The minimum Gasteiger partial charge on any atom is -0.307 e. The summed E-state index contributed by atoms with van der Waals surface area (Å²) in [6.07, 6.45) is 0. The molecule has 2 aromatic rings. The Bertz CT molecular complexity index is 562. The summed E-state index contributed by atoms with van der Waals surface area (Å²) >= 11 is 3.15. The lowest BCUT2D eigenvalue weighted by atomic mass is 9.97. The Hall–Kier alpha value is -1.26. The molecule has 2 aromatic carbocycles. The zero-order valence-corrected chi connectivity index (χ0v) is 13.0. The zero-order valence-electron chi connectivity index (χ0n) is 11.4. The molecule has 0 aliphatic heterocycles. The smallest absolute Gasteiger partial charge is 0.137 e. The van der Waals surface area contributed by atoms with Gasteiger partial charge in [-0.15, -0.1) is 0 Å². The van der Waals surface area contributed by atoms with Gasteiger partial charge in [-0.1, -0.05) is 25.1 Å². The normalized spacial score (nSPS) is 12.4. The van der Waals surface area contributed by atoms with Crippen molar-refractivity contribution in [3.63, 3.8) is 0 Å². The molecule has 1 nitrogen and oxygen atoms in total. The second-order valence-corrected chi connectivity index (χ2v) is 5.53. The molecule has 0 bridgehead atoms. The topological polar surface area (TPSA) is 12.0 Å². The summed E-state index contributed by atoms with van der Waals surface area (Å²) in [5.74, 6) is -0.532.